The summed E-state index contributed by atoms with van der Waals surface area (Å²) in [5.41, 5.74) is 1.22. The Balaban J connectivity index is 1.60. The van der Waals surface area contributed by atoms with Gasteiger partial charge in [0.1, 0.15) is 11.5 Å². The van der Waals surface area contributed by atoms with E-state index in [0.29, 0.717) is 24.7 Å². The Labute approximate surface area is 163 Å². The molecule has 0 aliphatic heterocycles. The van der Waals surface area contributed by atoms with Gasteiger partial charge in [-0.1, -0.05) is 18.4 Å². The molecule has 0 unspecified atom stereocenters. The summed E-state index contributed by atoms with van der Waals surface area (Å²) in [6.45, 7) is 5.30. The van der Waals surface area contributed by atoms with Crippen LogP contribution in [0.25, 0.3) is 11.5 Å². The highest BCUT2D eigenvalue weighted by molar-refractivity contribution is 6.03. The second kappa shape index (κ2) is 9.55. The predicted molar refractivity (Wildman–Crippen MR) is 106 cm³/mol. The first-order valence-corrected chi connectivity index (χ1v) is 9.30. The van der Waals surface area contributed by atoms with Crippen LogP contribution in [0.3, 0.4) is 0 Å². The molecule has 0 aliphatic carbocycles. The maximum Gasteiger partial charge on any atom is 0.322 e. The van der Waals surface area contributed by atoms with Crippen molar-refractivity contribution in [2.24, 2.45) is 0 Å². The largest absolute Gasteiger partial charge is 0.494 e. The number of benzene rings is 2. The second-order valence-corrected chi connectivity index (χ2v) is 6.05. The Bertz CT molecular complexity index is 889. The van der Waals surface area contributed by atoms with Crippen LogP contribution in [0.15, 0.2) is 52.9 Å². The molecule has 0 saturated heterocycles. The average molecular weight is 381 g/mol. The van der Waals surface area contributed by atoms with Crippen molar-refractivity contribution in [2.75, 3.05) is 18.5 Å². The summed E-state index contributed by atoms with van der Waals surface area (Å²) in [4.78, 5) is 12.4. The van der Waals surface area contributed by atoms with Crippen molar-refractivity contribution in [2.45, 2.75) is 26.7 Å². The lowest BCUT2D eigenvalue weighted by molar-refractivity contribution is 0.102. The number of hydrogen-bond donors (Lipinski definition) is 1. The van der Waals surface area contributed by atoms with Gasteiger partial charge in [-0.25, -0.2) is 0 Å². The fraction of sp³-hybridized carbons (Fsp3) is 0.286. The van der Waals surface area contributed by atoms with Gasteiger partial charge in [0, 0.05) is 11.1 Å². The molecule has 1 aromatic heterocycles. The normalized spacial score (nSPS) is 10.5. The maximum absolute atomic E-state index is 12.4. The van der Waals surface area contributed by atoms with E-state index in [1.54, 1.807) is 24.3 Å². The quantitative estimate of drug-likeness (QED) is 0.547. The molecule has 146 valence electrons. The number of nitrogens with zero attached hydrogens (tertiary/aromatic N) is 2. The second-order valence-electron chi connectivity index (χ2n) is 6.05. The molecular weight excluding hydrogens is 358 g/mol. The zero-order valence-electron chi connectivity index (χ0n) is 16.0. The van der Waals surface area contributed by atoms with Crippen LogP contribution >= 0.6 is 0 Å². The molecule has 7 nitrogen and oxygen atoms in total. The fourth-order valence-electron chi connectivity index (χ4n) is 2.46. The van der Waals surface area contributed by atoms with Crippen LogP contribution in [0.5, 0.6) is 11.5 Å². The fourth-order valence-corrected chi connectivity index (χ4v) is 2.46. The van der Waals surface area contributed by atoms with E-state index in [4.69, 9.17) is 13.9 Å². The summed E-state index contributed by atoms with van der Waals surface area (Å²) in [5, 5.41) is 10.5. The number of nitrogens with one attached hydrogen (secondary N) is 1. The van der Waals surface area contributed by atoms with E-state index in [-0.39, 0.29) is 11.9 Å². The molecule has 0 fully saturated rings. The van der Waals surface area contributed by atoms with Gasteiger partial charge < -0.3 is 13.9 Å². The molecule has 0 saturated carbocycles. The topological polar surface area (TPSA) is 86.5 Å². The third-order valence-electron chi connectivity index (χ3n) is 3.94. The summed E-state index contributed by atoms with van der Waals surface area (Å²) in [5.74, 6) is 1.49. The number of anilines is 1. The highest BCUT2D eigenvalue weighted by Gasteiger charge is 2.13. The number of ether oxygens (including phenoxy) is 2. The van der Waals surface area contributed by atoms with Crippen molar-refractivity contribution < 1.29 is 18.7 Å². The lowest BCUT2D eigenvalue weighted by Crippen LogP contribution is -2.12. The van der Waals surface area contributed by atoms with Crippen molar-refractivity contribution >= 4 is 11.9 Å². The summed E-state index contributed by atoms with van der Waals surface area (Å²) < 4.78 is 16.5. The van der Waals surface area contributed by atoms with Gasteiger partial charge >= 0.3 is 6.01 Å². The monoisotopic (exact) mass is 381 g/mol. The Kier molecular flexibility index (Phi) is 6.62. The third kappa shape index (κ3) is 5.09. The zero-order chi connectivity index (χ0) is 19.8. The van der Waals surface area contributed by atoms with Gasteiger partial charge in [0.25, 0.3) is 5.91 Å². The van der Waals surface area contributed by atoms with Crippen molar-refractivity contribution in [1.82, 2.24) is 10.2 Å². The van der Waals surface area contributed by atoms with Crippen molar-refractivity contribution in [3.63, 3.8) is 0 Å². The molecule has 1 N–H and O–H groups in total. The van der Waals surface area contributed by atoms with Gasteiger partial charge in [-0.15, -0.1) is 5.10 Å². The first kappa shape index (κ1) is 19.4. The van der Waals surface area contributed by atoms with Crippen LogP contribution in [0.4, 0.5) is 6.01 Å². The number of amides is 1. The SMILES string of the molecule is CCCCOc1ccc(C(=O)Nc2nnc(-c3ccc(OCC)cc3)o2)cc1. The minimum absolute atomic E-state index is 0.0390. The number of hydrogen-bond acceptors (Lipinski definition) is 6. The molecule has 0 radical (unpaired) electrons. The first-order valence-electron chi connectivity index (χ1n) is 9.30. The Morgan fingerprint density at radius 1 is 0.964 bits per heavy atom. The predicted octanol–water partition coefficient (Wildman–Crippen LogP) is 4.57. The molecule has 1 amide bonds. The third-order valence-corrected chi connectivity index (χ3v) is 3.94. The minimum Gasteiger partial charge on any atom is -0.494 e. The summed E-state index contributed by atoms with van der Waals surface area (Å²) in [6, 6.07) is 14.3. The van der Waals surface area contributed by atoms with Gasteiger partial charge in [-0.3, -0.25) is 10.1 Å². The average Bonchev–Trinajstić information content (AvgIpc) is 3.18. The summed E-state index contributed by atoms with van der Waals surface area (Å²) >= 11 is 0. The molecule has 0 atom stereocenters. The van der Waals surface area contributed by atoms with E-state index in [2.05, 4.69) is 22.4 Å². The van der Waals surface area contributed by atoms with Crippen LogP contribution in [-0.4, -0.2) is 29.3 Å². The molecule has 0 spiro atoms. The van der Waals surface area contributed by atoms with E-state index < -0.39 is 0 Å². The van der Waals surface area contributed by atoms with Crippen molar-refractivity contribution in [3.05, 3.63) is 54.1 Å². The van der Waals surface area contributed by atoms with E-state index >= 15 is 0 Å². The summed E-state index contributed by atoms with van der Waals surface area (Å²) in [6.07, 6.45) is 2.07. The lowest BCUT2D eigenvalue weighted by atomic mass is 10.2. The van der Waals surface area contributed by atoms with E-state index in [9.17, 15) is 4.79 Å². The van der Waals surface area contributed by atoms with Crippen molar-refractivity contribution in [1.29, 1.82) is 0 Å². The molecule has 0 aliphatic rings. The van der Waals surface area contributed by atoms with Crippen LogP contribution in [0.1, 0.15) is 37.0 Å². The lowest BCUT2D eigenvalue weighted by Gasteiger charge is -2.06. The molecular formula is C21H23N3O4. The van der Waals surface area contributed by atoms with Crippen LogP contribution in [-0.2, 0) is 0 Å². The zero-order valence-corrected chi connectivity index (χ0v) is 16.0. The molecule has 3 aromatic rings. The van der Waals surface area contributed by atoms with Gasteiger partial charge in [0.2, 0.25) is 5.89 Å². The Morgan fingerprint density at radius 3 is 2.32 bits per heavy atom. The summed E-state index contributed by atoms with van der Waals surface area (Å²) in [7, 11) is 0. The van der Waals surface area contributed by atoms with Crippen LogP contribution in [0.2, 0.25) is 0 Å². The molecule has 7 heteroatoms. The number of carbonyl (C=O) groups is 1. The molecule has 3 rings (SSSR count). The van der Waals surface area contributed by atoms with E-state index in [1.807, 2.05) is 31.2 Å². The molecule has 1 heterocycles. The number of unbranched alkanes of at least 4 members (excludes halogenated alkanes) is 1. The van der Waals surface area contributed by atoms with Gasteiger partial charge in [0.05, 0.1) is 13.2 Å². The van der Waals surface area contributed by atoms with E-state index in [0.717, 1.165) is 29.9 Å². The highest BCUT2D eigenvalue weighted by Crippen LogP contribution is 2.23. The number of aromatic nitrogens is 2. The van der Waals surface area contributed by atoms with Crippen molar-refractivity contribution in [3.8, 4) is 23.0 Å². The van der Waals surface area contributed by atoms with Gasteiger partial charge in [-0.2, -0.15) is 0 Å². The molecule has 2 aromatic carbocycles. The highest BCUT2D eigenvalue weighted by atomic mass is 16.5. The number of rotatable bonds is 9. The van der Waals surface area contributed by atoms with E-state index in [1.165, 1.54) is 0 Å². The molecule has 28 heavy (non-hydrogen) atoms. The maximum atomic E-state index is 12.4. The van der Waals surface area contributed by atoms with Gasteiger partial charge in [0.15, 0.2) is 0 Å². The van der Waals surface area contributed by atoms with Gasteiger partial charge in [-0.05, 0) is 61.9 Å². The number of carbonyl (C=O) groups excluding carboxylic acids is 1. The minimum atomic E-state index is -0.331. The molecule has 0 bridgehead atoms. The van der Waals surface area contributed by atoms with Crippen LogP contribution in [0, 0.1) is 0 Å². The van der Waals surface area contributed by atoms with Crippen LogP contribution < -0.4 is 14.8 Å². The standard InChI is InChI=1S/C21H23N3O4/c1-3-5-14-27-18-10-6-15(7-11-18)19(25)22-21-24-23-20(28-21)16-8-12-17(13-9-16)26-4-2/h6-13H,3-5,14H2,1-2H3,(H,22,24,25). The first-order chi connectivity index (χ1) is 13.7. The smallest absolute Gasteiger partial charge is 0.322 e. The Hall–Kier alpha value is -3.35. The Morgan fingerprint density at radius 2 is 1.64 bits per heavy atom.